The number of hydrogen-bond acceptors (Lipinski definition) is 0. The average molecular weight is 169 g/mol. The lowest BCUT2D eigenvalue weighted by atomic mass is 9.86. The first-order chi connectivity index (χ1) is 5.33. The van der Waals surface area contributed by atoms with Crippen LogP contribution in [-0.4, -0.2) is 0 Å². The summed E-state index contributed by atoms with van der Waals surface area (Å²) in [4.78, 5) is 0. The SMILES string of the molecule is [CH2]C(C)(C)CCCC(C)C(C)C. The quantitative estimate of drug-likeness (QED) is 0.575. The van der Waals surface area contributed by atoms with Gasteiger partial charge in [0.05, 0.1) is 0 Å². The molecule has 0 N–H and O–H groups in total. The summed E-state index contributed by atoms with van der Waals surface area (Å²) < 4.78 is 0. The minimum atomic E-state index is 0.275. The van der Waals surface area contributed by atoms with Crippen molar-refractivity contribution in [1.29, 1.82) is 0 Å². The van der Waals surface area contributed by atoms with Crippen molar-refractivity contribution >= 4 is 0 Å². The van der Waals surface area contributed by atoms with Crippen molar-refractivity contribution in [2.75, 3.05) is 0 Å². The topological polar surface area (TPSA) is 0 Å². The summed E-state index contributed by atoms with van der Waals surface area (Å²) in [5.41, 5.74) is 0.275. The Morgan fingerprint density at radius 1 is 1.17 bits per heavy atom. The van der Waals surface area contributed by atoms with E-state index in [1.807, 2.05) is 0 Å². The molecule has 0 spiro atoms. The molecule has 0 fully saturated rings. The second-order valence-corrected chi connectivity index (χ2v) is 5.28. The molecule has 0 bridgehead atoms. The summed E-state index contributed by atoms with van der Waals surface area (Å²) in [5.74, 6) is 1.70. The van der Waals surface area contributed by atoms with Crippen LogP contribution in [0.1, 0.15) is 53.9 Å². The maximum atomic E-state index is 4.11. The van der Waals surface area contributed by atoms with E-state index in [4.69, 9.17) is 0 Å². The summed E-state index contributed by atoms with van der Waals surface area (Å²) in [7, 11) is 0. The van der Waals surface area contributed by atoms with Crippen molar-refractivity contribution in [2.24, 2.45) is 17.3 Å². The second-order valence-electron chi connectivity index (χ2n) is 5.28. The molecule has 12 heavy (non-hydrogen) atoms. The molecule has 0 aliphatic carbocycles. The van der Waals surface area contributed by atoms with E-state index in [9.17, 15) is 0 Å². The van der Waals surface area contributed by atoms with E-state index in [1.54, 1.807) is 0 Å². The van der Waals surface area contributed by atoms with Crippen LogP contribution in [0.3, 0.4) is 0 Å². The van der Waals surface area contributed by atoms with Gasteiger partial charge in [-0.1, -0.05) is 47.5 Å². The maximum Gasteiger partial charge on any atom is -0.0354 e. The van der Waals surface area contributed by atoms with Gasteiger partial charge in [0.1, 0.15) is 0 Å². The number of rotatable bonds is 5. The Hall–Kier alpha value is 0. The molecule has 73 valence electrons. The molecule has 0 aromatic rings. The molecule has 0 amide bonds. The first-order valence-corrected chi connectivity index (χ1v) is 5.18. The fourth-order valence-corrected chi connectivity index (χ4v) is 1.24. The molecular weight excluding hydrogens is 144 g/mol. The van der Waals surface area contributed by atoms with Crippen molar-refractivity contribution in [3.8, 4) is 0 Å². The maximum absolute atomic E-state index is 4.11. The van der Waals surface area contributed by atoms with Gasteiger partial charge in [0.25, 0.3) is 0 Å². The highest BCUT2D eigenvalue weighted by atomic mass is 14.2. The Morgan fingerprint density at radius 3 is 2.00 bits per heavy atom. The van der Waals surface area contributed by atoms with Crippen LogP contribution in [0.5, 0.6) is 0 Å². The van der Waals surface area contributed by atoms with Gasteiger partial charge in [-0.2, -0.15) is 0 Å². The molecule has 1 radical (unpaired) electrons. The first-order valence-electron chi connectivity index (χ1n) is 5.18. The van der Waals surface area contributed by atoms with Gasteiger partial charge in [-0.25, -0.2) is 0 Å². The van der Waals surface area contributed by atoms with Gasteiger partial charge in [-0.3, -0.25) is 0 Å². The van der Waals surface area contributed by atoms with Crippen molar-refractivity contribution in [3.05, 3.63) is 6.92 Å². The van der Waals surface area contributed by atoms with Crippen molar-refractivity contribution < 1.29 is 0 Å². The van der Waals surface area contributed by atoms with Crippen LogP contribution < -0.4 is 0 Å². The predicted molar refractivity (Wildman–Crippen MR) is 57.0 cm³/mol. The van der Waals surface area contributed by atoms with Gasteiger partial charge in [0.15, 0.2) is 0 Å². The van der Waals surface area contributed by atoms with Gasteiger partial charge < -0.3 is 0 Å². The zero-order chi connectivity index (χ0) is 9.78. The van der Waals surface area contributed by atoms with Gasteiger partial charge in [0, 0.05) is 0 Å². The molecule has 0 heteroatoms. The molecule has 0 saturated heterocycles. The Morgan fingerprint density at radius 2 is 1.67 bits per heavy atom. The Labute approximate surface area is 78.8 Å². The molecule has 0 saturated carbocycles. The van der Waals surface area contributed by atoms with E-state index in [0.29, 0.717) is 0 Å². The van der Waals surface area contributed by atoms with E-state index < -0.39 is 0 Å². The van der Waals surface area contributed by atoms with Gasteiger partial charge in [0.2, 0.25) is 0 Å². The molecule has 1 unspecified atom stereocenters. The highest BCUT2D eigenvalue weighted by Gasteiger charge is 2.12. The molecule has 0 nitrogen and oxygen atoms in total. The lowest BCUT2D eigenvalue weighted by Gasteiger charge is -2.20. The Balaban J connectivity index is 3.44. The minimum absolute atomic E-state index is 0.275. The highest BCUT2D eigenvalue weighted by molar-refractivity contribution is 4.71. The van der Waals surface area contributed by atoms with Crippen LogP contribution in [0.4, 0.5) is 0 Å². The predicted octanol–water partition coefficient (Wildman–Crippen LogP) is 4.31. The summed E-state index contributed by atoms with van der Waals surface area (Å²) in [6.45, 7) is 15.5. The van der Waals surface area contributed by atoms with E-state index in [0.717, 1.165) is 11.8 Å². The number of hydrogen-bond donors (Lipinski definition) is 0. The zero-order valence-corrected chi connectivity index (χ0v) is 9.48. The van der Waals surface area contributed by atoms with Crippen LogP contribution >= 0.6 is 0 Å². The van der Waals surface area contributed by atoms with Crippen molar-refractivity contribution in [2.45, 2.75) is 53.9 Å². The fraction of sp³-hybridized carbons (Fsp3) is 0.917. The molecule has 0 rings (SSSR count). The normalized spacial score (nSPS) is 15.2. The first kappa shape index (κ1) is 12.0. The average Bonchev–Trinajstić information content (AvgIpc) is 1.84. The standard InChI is InChI=1S/C12H25/c1-10(2)11(3)8-7-9-12(4,5)6/h10-11H,4,7-9H2,1-3,5-6H3. The molecule has 0 aliphatic heterocycles. The van der Waals surface area contributed by atoms with Gasteiger partial charge >= 0.3 is 0 Å². The largest absolute Gasteiger partial charge is 0.0625 e. The Bertz CT molecular complexity index is 106. The van der Waals surface area contributed by atoms with Crippen LogP contribution in [0.2, 0.25) is 0 Å². The summed E-state index contributed by atoms with van der Waals surface area (Å²) in [6.07, 6.45) is 3.94. The smallest absolute Gasteiger partial charge is 0.0354 e. The van der Waals surface area contributed by atoms with E-state index in [-0.39, 0.29) is 5.41 Å². The van der Waals surface area contributed by atoms with Gasteiger partial charge in [-0.15, -0.1) is 0 Å². The lowest BCUT2D eigenvalue weighted by molar-refractivity contribution is 0.338. The molecular formula is C12H25. The third-order valence-corrected chi connectivity index (χ3v) is 2.65. The van der Waals surface area contributed by atoms with Crippen LogP contribution in [0, 0.1) is 24.2 Å². The molecule has 0 aromatic carbocycles. The third-order valence-electron chi connectivity index (χ3n) is 2.65. The summed E-state index contributed by atoms with van der Waals surface area (Å²) in [6, 6.07) is 0. The summed E-state index contributed by atoms with van der Waals surface area (Å²) >= 11 is 0. The second kappa shape index (κ2) is 4.89. The monoisotopic (exact) mass is 169 g/mol. The third kappa shape index (κ3) is 6.69. The van der Waals surface area contributed by atoms with Crippen LogP contribution in [-0.2, 0) is 0 Å². The van der Waals surface area contributed by atoms with Crippen molar-refractivity contribution in [3.63, 3.8) is 0 Å². The van der Waals surface area contributed by atoms with E-state index in [2.05, 4.69) is 41.5 Å². The molecule has 0 aromatic heterocycles. The fourth-order valence-electron chi connectivity index (χ4n) is 1.24. The van der Waals surface area contributed by atoms with E-state index >= 15 is 0 Å². The molecule has 0 aliphatic rings. The molecule has 0 heterocycles. The van der Waals surface area contributed by atoms with Gasteiger partial charge in [-0.05, 0) is 30.6 Å². The van der Waals surface area contributed by atoms with E-state index in [1.165, 1.54) is 19.3 Å². The van der Waals surface area contributed by atoms with Crippen LogP contribution in [0.25, 0.3) is 0 Å². The highest BCUT2D eigenvalue weighted by Crippen LogP contribution is 2.24. The summed E-state index contributed by atoms with van der Waals surface area (Å²) in [5, 5.41) is 0. The van der Waals surface area contributed by atoms with Crippen molar-refractivity contribution in [1.82, 2.24) is 0 Å². The van der Waals surface area contributed by atoms with Crippen LogP contribution in [0.15, 0.2) is 0 Å². The molecule has 1 atom stereocenters. The zero-order valence-electron chi connectivity index (χ0n) is 9.48. The Kier molecular flexibility index (Phi) is 4.89. The lowest BCUT2D eigenvalue weighted by Crippen LogP contribution is -2.08. The minimum Gasteiger partial charge on any atom is -0.0625 e.